The van der Waals surface area contributed by atoms with E-state index in [-0.39, 0.29) is 0 Å². The Balaban J connectivity index is 1.86. The standard InChI is InChI=1S/C17H29N3O/c1-5-15-10-18-17(8-6-7-9-17)11-20(15)13(3)16-12(2)19-21-14(16)4/h13,15,18H,5-11H2,1-4H3. The fourth-order valence-corrected chi connectivity index (χ4v) is 4.46. The summed E-state index contributed by atoms with van der Waals surface area (Å²) in [6.45, 7) is 11.0. The zero-order valence-electron chi connectivity index (χ0n) is 13.9. The van der Waals surface area contributed by atoms with Crippen LogP contribution in [0.2, 0.25) is 0 Å². The second-order valence-electron chi connectivity index (χ2n) is 7.02. The Labute approximate surface area is 128 Å². The van der Waals surface area contributed by atoms with Crippen molar-refractivity contribution in [2.75, 3.05) is 13.1 Å². The largest absolute Gasteiger partial charge is 0.361 e. The normalized spacial score (nSPS) is 27.3. The minimum atomic E-state index is 0.360. The summed E-state index contributed by atoms with van der Waals surface area (Å²) in [6.07, 6.45) is 6.59. The third-order valence-electron chi connectivity index (χ3n) is 5.70. The van der Waals surface area contributed by atoms with Crippen molar-refractivity contribution in [3.05, 3.63) is 17.0 Å². The highest BCUT2D eigenvalue weighted by molar-refractivity contribution is 5.25. The molecule has 1 saturated heterocycles. The highest BCUT2D eigenvalue weighted by Gasteiger charge is 2.42. The molecule has 2 atom stereocenters. The van der Waals surface area contributed by atoms with Gasteiger partial charge in [0.2, 0.25) is 0 Å². The molecule has 1 aromatic heterocycles. The number of aryl methyl sites for hydroxylation is 2. The van der Waals surface area contributed by atoms with Gasteiger partial charge in [-0.15, -0.1) is 0 Å². The van der Waals surface area contributed by atoms with Crippen LogP contribution in [0.25, 0.3) is 0 Å². The predicted molar refractivity (Wildman–Crippen MR) is 84.4 cm³/mol. The highest BCUT2D eigenvalue weighted by atomic mass is 16.5. The molecule has 2 unspecified atom stereocenters. The summed E-state index contributed by atoms with van der Waals surface area (Å²) < 4.78 is 5.40. The van der Waals surface area contributed by atoms with Crippen molar-refractivity contribution < 1.29 is 4.52 Å². The van der Waals surface area contributed by atoms with E-state index in [4.69, 9.17) is 4.52 Å². The maximum Gasteiger partial charge on any atom is 0.138 e. The van der Waals surface area contributed by atoms with Crippen molar-refractivity contribution in [1.29, 1.82) is 0 Å². The van der Waals surface area contributed by atoms with Gasteiger partial charge in [-0.05, 0) is 40.0 Å². The van der Waals surface area contributed by atoms with Gasteiger partial charge in [-0.1, -0.05) is 24.9 Å². The summed E-state index contributed by atoms with van der Waals surface area (Å²) in [4.78, 5) is 2.70. The van der Waals surface area contributed by atoms with E-state index in [0.717, 1.165) is 24.5 Å². The van der Waals surface area contributed by atoms with Crippen molar-refractivity contribution in [2.24, 2.45) is 0 Å². The Hall–Kier alpha value is -0.870. The number of hydrogen-bond donors (Lipinski definition) is 1. The van der Waals surface area contributed by atoms with Crippen LogP contribution in [0.4, 0.5) is 0 Å². The Morgan fingerprint density at radius 3 is 2.67 bits per heavy atom. The summed E-state index contributed by atoms with van der Waals surface area (Å²) in [6, 6.07) is 1.00. The molecule has 0 amide bonds. The Bertz CT molecular complexity index is 471. The molecule has 1 spiro atoms. The summed E-state index contributed by atoms with van der Waals surface area (Å²) in [5, 5.41) is 8.03. The SMILES string of the molecule is CCC1CNC2(CCCC2)CN1C(C)c1c(C)noc1C. The molecule has 1 saturated carbocycles. The zero-order valence-corrected chi connectivity index (χ0v) is 13.9. The number of aromatic nitrogens is 1. The van der Waals surface area contributed by atoms with Gasteiger partial charge >= 0.3 is 0 Å². The fraction of sp³-hybridized carbons (Fsp3) is 0.824. The van der Waals surface area contributed by atoms with Gasteiger partial charge < -0.3 is 9.84 Å². The van der Waals surface area contributed by atoms with E-state index in [2.05, 4.69) is 36.1 Å². The number of nitrogens with one attached hydrogen (secondary N) is 1. The van der Waals surface area contributed by atoms with Gasteiger partial charge in [-0.25, -0.2) is 0 Å². The molecule has 0 radical (unpaired) electrons. The molecule has 1 aliphatic heterocycles. The van der Waals surface area contributed by atoms with Crippen LogP contribution in [0.15, 0.2) is 4.52 Å². The molecular formula is C17H29N3O. The maximum atomic E-state index is 5.40. The summed E-state index contributed by atoms with van der Waals surface area (Å²) in [7, 11) is 0. The van der Waals surface area contributed by atoms with Crippen molar-refractivity contribution in [3.63, 3.8) is 0 Å². The van der Waals surface area contributed by atoms with Gasteiger partial charge in [0.15, 0.2) is 0 Å². The van der Waals surface area contributed by atoms with Crippen LogP contribution in [0.1, 0.15) is 69.0 Å². The Morgan fingerprint density at radius 2 is 2.10 bits per heavy atom. The lowest BCUT2D eigenvalue weighted by molar-refractivity contribution is 0.0456. The van der Waals surface area contributed by atoms with Crippen molar-refractivity contribution in [1.82, 2.24) is 15.4 Å². The Kier molecular flexibility index (Phi) is 4.10. The molecule has 2 aliphatic rings. The topological polar surface area (TPSA) is 41.3 Å². The van der Waals surface area contributed by atoms with E-state index >= 15 is 0 Å². The van der Waals surface area contributed by atoms with E-state index in [1.807, 2.05) is 6.92 Å². The molecule has 0 aromatic carbocycles. The lowest BCUT2D eigenvalue weighted by Gasteiger charge is -2.48. The van der Waals surface area contributed by atoms with Crippen LogP contribution >= 0.6 is 0 Å². The third-order valence-corrected chi connectivity index (χ3v) is 5.70. The first-order valence-electron chi connectivity index (χ1n) is 8.50. The van der Waals surface area contributed by atoms with Crippen molar-refractivity contribution in [2.45, 2.75) is 77.4 Å². The average Bonchev–Trinajstić information content (AvgIpc) is 3.06. The smallest absolute Gasteiger partial charge is 0.138 e. The van der Waals surface area contributed by atoms with Gasteiger partial charge in [0.1, 0.15) is 5.76 Å². The van der Waals surface area contributed by atoms with Gasteiger partial charge in [0, 0.05) is 36.3 Å². The molecule has 1 aliphatic carbocycles. The molecule has 0 bridgehead atoms. The second-order valence-corrected chi connectivity index (χ2v) is 7.02. The molecule has 118 valence electrons. The van der Waals surface area contributed by atoms with Crippen LogP contribution in [-0.2, 0) is 0 Å². The number of rotatable bonds is 3. The summed E-state index contributed by atoms with van der Waals surface area (Å²) in [5.74, 6) is 0.980. The minimum Gasteiger partial charge on any atom is -0.361 e. The van der Waals surface area contributed by atoms with Gasteiger partial charge in [0.05, 0.1) is 5.69 Å². The van der Waals surface area contributed by atoms with Crippen LogP contribution in [0.3, 0.4) is 0 Å². The third kappa shape index (κ3) is 2.64. The van der Waals surface area contributed by atoms with Gasteiger partial charge in [-0.2, -0.15) is 0 Å². The zero-order chi connectivity index (χ0) is 15.0. The highest BCUT2D eigenvalue weighted by Crippen LogP contribution is 2.38. The van der Waals surface area contributed by atoms with Crippen LogP contribution in [0.5, 0.6) is 0 Å². The van der Waals surface area contributed by atoms with Gasteiger partial charge in [0.25, 0.3) is 0 Å². The second kappa shape index (κ2) is 5.73. The molecule has 1 N–H and O–H groups in total. The average molecular weight is 291 g/mol. The lowest BCUT2D eigenvalue weighted by Crippen LogP contribution is -2.63. The van der Waals surface area contributed by atoms with E-state index < -0.39 is 0 Å². The number of hydrogen-bond acceptors (Lipinski definition) is 4. The molecule has 21 heavy (non-hydrogen) atoms. The first kappa shape index (κ1) is 15.0. The number of piperazine rings is 1. The van der Waals surface area contributed by atoms with Gasteiger partial charge in [-0.3, -0.25) is 4.90 Å². The molecular weight excluding hydrogens is 262 g/mol. The lowest BCUT2D eigenvalue weighted by atomic mass is 9.89. The maximum absolute atomic E-state index is 5.40. The van der Waals surface area contributed by atoms with Crippen molar-refractivity contribution >= 4 is 0 Å². The molecule has 1 aromatic rings. The van der Waals surface area contributed by atoms with E-state index in [0.29, 0.717) is 17.6 Å². The molecule has 4 heteroatoms. The van der Waals surface area contributed by atoms with Crippen LogP contribution in [0, 0.1) is 13.8 Å². The van der Waals surface area contributed by atoms with Crippen LogP contribution in [-0.4, -0.2) is 34.7 Å². The van der Waals surface area contributed by atoms with E-state index in [9.17, 15) is 0 Å². The quantitative estimate of drug-likeness (QED) is 0.927. The first-order chi connectivity index (χ1) is 10.1. The monoisotopic (exact) mass is 291 g/mol. The fourth-order valence-electron chi connectivity index (χ4n) is 4.46. The summed E-state index contributed by atoms with van der Waals surface area (Å²) in [5.41, 5.74) is 2.70. The molecule has 3 rings (SSSR count). The van der Waals surface area contributed by atoms with Crippen molar-refractivity contribution in [3.8, 4) is 0 Å². The minimum absolute atomic E-state index is 0.360. The van der Waals surface area contributed by atoms with Crippen LogP contribution < -0.4 is 5.32 Å². The van der Waals surface area contributed by atoms with E-state index in [1.54, 1.807) is 0 Å². The summed E-state index contributed by atoms with van der Waals surface area (Å²) >= 11 is 0. The number of nitrogens with zero attached hydrogens (tertiary/aromatic N) is 2. The molecule has 2 fully saturated rings. The first-order valence-corrected chi connectivity index (χ1v) is 8.50. The predicted octanol–water partition coefficient (Wildman–Crippen LogP) is 3.35. The molecule has 2 heterocycles. The Morgan fingerprint density at radius 1 is 1.38 bits per heavy atom. The van der Waals surface area contributed by atoms with E-state index in [1.165, 1.54) is 37.7 Å². The molecule has 4 nitrogen and oxygen atoms in total.